The first-order chi connectivity index (χ1) is 14.1. The molecule has 0 atom stereocenters. The Hall–Kier alpha value is -2.67. The van der Waals surface area contributed by atoms with E-state index in [1.54, 1.807) is 0 Å². The van der Waals surface area contributed by atoms with Gasteiger partial charge in [-0.3, -0.25) is 0 Å². The molecule has 0 saturated carbocycles. The zero-order valence-electron chi connectivity index (χ0n) is 17.5. The van der Waals surface area contributed by atoms with Gasteiger partial charge in [0.15, 0.2) is 5.82 Å². The molecule has 2 aromatic heterocycles. The molecule has 0 unspecified atom stereocenters. The standard InChI is InChI=1S/C22H30N6O/c1-16(2)22-25-21(29-26-22)8-11-24-18-9-13-27(14-10-18)19-4-6-20(7-5-19)28-15-12-23-17(28)3/h4-7,12,15-16,18,24H,8-11,13-14H2,1-3H3. The Morgan fingerprint density at radius 1 is 1.14 bits per heavy atom. The zero-order chi connectivity index (χ0) is 20.2. The summed E-state index contributed by atoms with van der Waals surface area (Å²) in [6.45, 7) is 9.19. The fraction of sp³-hybridized carbons (Fsp3) is 0.500. The molecule has 1 aromatic carbocycles. The van der Waals surface area contributed by atoms with E-state index >= 15 is 0 Å². The molecule has 1 N–H and O–H groups in total. The number of rotatable bonds is 7. The highest BCUT2D eigenvalue weighted by Crippen LogP contribution is 2.22. The summed E-state index contributed by atoms with van der Waals surface area (Å²) in [6.07, 6.45) is 6.91. The minimum absolute atomic E-state index is 0.308. The van der Waals surface area contributed by atoms with Crippen LogP contribution in [0.5, 0.6) is 0 Å². The van der Waals surface area contributed by atoms with Gasteiger partial charge in [-0.05, 0) is 44.0 Å². The average Bonchev–Trinajstić information content (AvgIpc) is 3.38. The molecule has 0 amide bonds. The van der Waals surface area contributed by atoms with Crippen LogP contribution in [0.25, 0.3) is 5.69 Å². The van der Waals surface area contributed by atoms with E-state index in [2.05, 4.69) is 68.0 Å². The smallest absolute Gasteiger partial charge is 0.227 e. The van der Waals surface area contributed by atoms with Gasteiger partial charge in [-0.2, -0.15) is 4.98 Å². The lowest BCUT2D eigenvalue weighted by Crippen LogP contribution is -2.43. The number of benzene rings is 1. The van der Waals surface area contributed by atoms with Gasteiger partial charge in [0.1, 0.15) is 5.82 Å². The van der Waals surface area contributed by atoms with Gasteiger partial charge >= 0.3 is 0 Å². The molecule has 0 bridgehead atoms. The summed E-state index contributed by atoms with van der Waals surface area (Å²) in [7, 11) is 0. The van der Waals surface area contributed by atoms with Gasteiger partial charge < -0.3 is 19.3 Å². The van der Waals surface area contributed by atoms with E-state index in [9.17, 15) is 0 Å². The average molecular weight is 395 g/mol. The predicted octanol–water partition coefficient (Wildman–Crippen LogP) is 3.49. The summed E-state index contributed by atoms with van der Waals surface area (Å²) in [6, 6.07) is 9.31. The fourth-order valence-electron chi connectivity index (χ4n) is 3.80. The molecule has 0 spiro atoms. The van der Waals surface area contributed by atoms with Crippen molar-refractivity contribution in [3.8, 4) is 5.69 Å². The van der Waals surface area contributed by atoms with Crippen molar-refractivity contribution in [2.45, 2.75) is 52.0 Å². The topological polar surface area (TPSA) is 72.0 Å². The van der Waals surface area contributed by atoms with E-state index in [-0.39, 0.29) is 0 Å². The van der Waals surface area contributed by atoms with Crippen molar-refractivity contribution in [3.05, 3.63) is 54.2 Å². The van der Waals surface area contributed by atoms with Gasteiger partial charge in [-0.25, -0.2) is 4.98 Å². The molecular weight excluding hydrogens is 364 g/mol. The quantitative estimate of drug-likeness (QED) is 0.661. The van der Waals surface area contributed by atoms with Gasteiger partial charge in [0, 0.05) is 61.8 Å². The third-order valence-electron chi connectivity index (χ3n) is 5.59. The minimum Gasteiger partial charge on any atom is -0.371 e. The number of piperidine rings is 1. The first-order valence-electron chi connectivity index (χ1n) is 10.5. The van der Waals surface area contributed by atoms with Crippen molar-refractivity contribution in [1.82, 2.24) is 25.0 Å². The Balaban J connectivity index is 1.23. The van der Waals surface area contributed by atoms with Crippen LogP contribution in [-0.2, 0) is 6.42 Å². The van der Waals surface area contributed by atoms with E-state index in [1.165, 1.54) is 5.69 Å². The molecule has 1 fully saturated rings. The van der Waals surface area contributed by atoms with Gasteiger partial charge in [0.25, 0.3) is 0 Å². The third kappa shape index (κ3) is 4.67. The van der Waals surface area contributed by atoms with Crippen LogP contribution in [-0.4, -0.2) is 45.4 Å². The number of hydrogen-bond donors (Lipinski definition) is 1. The molecule has 3 heterocycles. The van der Waals surface area contributed by atoms with Crippen LogP contribution in [0, 0.1) is 6.92 Å². The van der Waals surface area contributed by atoms with Gasteiger partial charge in [0.05, 0.1) is 0 Å². The molecule has 0 aliphatic carbocycles. The van der Waals surface area contributed by atoms with E-state index in [4.69, 9.17) is 4.52 Å². The monoisotopic (exact) mass is 394 g/mol. The Morgan fingerprint density at radius 2 is 1.86 bits per heavy atom. The van der Waals surface area contributed by atoms with Crippen LogP contribution in [0.1, 0.15) is 50.1 Å². The number of nitrogens with one attached hydrogen (secondary N) is 1. The molecule has 1 saturated heterocycles. The van der Waals surface area contributed by atoms with E-state index in [0.717, 1.165) is 62.1 Å². The van der Waals surface area contributed by atoms with Crippen LogP contribution < -0.4 is 10.2 Å². The number of aromatic nitrogens is 4. The van der Waals surface area contributed by atoms with Gasteiger partial charge in [-0.15, -0.1) is 0 Å². The number of nitrogens with zero attached hydrogens (tertiary/aromatic N) is 5. The molecule has 7 heteroatoms. The van der Waals surface area contributed by atoms with Crippen molar-refractivity contribution in [2.24, 2.45) is 0 Å². The summed E-state index contributed by atoms with van der Waals surface area (Å²) in [5.41, 5.74) is 2.44. The first kappa shape index (κ1) is 19.6. The van der Waals surface area contributed by atoms with Crippen LogP contribution in [0.15, 0.2) is 41.2 Å². The second kappa shape index (κ2) is 8.78. The highest BCUT2D eigenvalue weighted by molar-refractivity contribution is 5.51. The van der Waals surface area contributed by atoms with Crippen molar-refractivity contribution in [2.75, 3.05) is 24.5 Å². The maximum absolute atomic E-state index is 5.32. The van der Waals surface area contributed by atoms with Crippen molar-refractivity contribution >= 4 is 5.69 Å². The van der Waals surface area contributed by atoms with Crippen LogP contribution in [0.3, 0.4) is 0 Å². The lowest BCUT2D eigenvalue weighted by atomic mass is 10.0. The summed E-state index contributed by atoms with van der Waals surface area (Å²) >= 11 is 0. The molecule has 1 aliphatic heterocycles. The largest absolute Gasteiger partial charge is 0.371 e. The molecular formula is C22H30N6O. The second-order valence-electron chi connectivity index (χ2n) is 8.03. The van der Waals surface area contributed by atoms with E-state index < -0.39 is 0 Å². The predicted molar refractivity (Wildman–Crippen MR) is 114 cm³/mol. The molecule has 7 nitrogen and oxygen atoms in total. The highest BCUT2D eigenvalue weighted by atomic mass is 16.5. The molecule has 0 radical (unpaired) electrons. The van der Waals surface area contributed by atoms with Gasteiger partial charge in [-0.1, -0.05) is 19.0 Å². The van der Waals surface area contributed by atoms with Crippen LogP contribution >= 0.6 is 0 Å². The summed E-state index contributed by atoms with van der Waals surface area (Å²) in [5.74, 6) is 2.84. The molecule has 154 valence electrons. The SMILES string of the molecule is Cc1nccn1-c1ccc(N2CCC(NCCc3nc(C(C)C)no3)CC2)cc1. The van der Waals surface area contributed by atoms with Crippen LogP contribution in [0.4, 0.5) is 5.69 Å². The second-order valence-corrected chi connectivity index (χ2v) is 8.03. The summed E-state index contributed by atoms with van der Waals surface area (Å²) < 4.78 is 7.42. The molecule has 29 heavy (non-hydrogen) atoms. The summed E-state index contributed by atoms with van der Waals surface area (Å²) in [4.78, 5) is 11.2. The number of anilines is 1. The van der Waals surface area contributed by atoms with E-state index in [0.29, 0.717) is 12.0 Å². The Labute approximate surface area is 172 Å². The lowest BCUT2D eigenvalue weighted by Gasteiger charge is -2.34. The summed E-state index contributed by atoms with van der Waals surface area (Å²) in [5, 5.41) is 7.68. The minimum atomic E-state index is 0.308. The number of aryl methyl sites for hydroxylation is 1. The van der Waals surface area contributed by atoms with Crippen LogP contribution in [0.2, 0.25) is 0 Å². The third-order valence-corrected chi connectivity index (χ3v) is 5.59. The maximum Gasteiger partial charge on any atom is 0.227 e. The normalized spacial score (nSPS) is 15.4. The Bertz CT molecular complexity index is 906. The maximum atomic E-state index is 5.32. The molecule has 4 rings (SSSR count). The van der Waals surface area contributed by atoms with Crippen molar-refractivity contribution in [3.63, 3.8) is 0 Å². The van der Waals surface area contributed by atoms with Crippen molar-refractivity contribution in [1.29, 1.82) is 0 Å². The molecule has 3 aromatic rings. The number of hydrogen-bond acceptors (Lipinski definition) is 6. The molecule has 1 aliphatic rings. The zero-order valence-corrected chi connectivity index (χ0v) is 17.5. The highest BCUT2D eigenvalue weighted by Gasteiger charge is 2.19. The Morgan fingerprint density at radius 3 is 2.48 bits per heavy atom. The number of imidazole rings is 1. The van der Waals surface area contributed by atoms with Crippen molar-refractivity contribution < 1.29 is 4.52 Å². The first-order valence-corrected chi connectivity index (χ1v) is 10.5. The lowest BCUT2D eigenvalue weighted by molar-refractivity contribution is 0.359. The van der Waals surface area contributed by atoms with Gasteiger partial charge in [0.2, 0.25) is 5.89 Å². The fourth-order valence-corrected chi connectivity index (χ4v) is 3.80. The van der Waals surface area contributed by atoms with E-state index in [1.807, 2.05) is 19.3 Å². The Kier molecular flexibility index (Phi) is 5.94.